The number of ether oxygens (including phenoxy) is 1. The topological polar surface area (TPSA) is 102 Å². The number of amides is 2. The van der Waals surface area contributed by atoms with Crippen LogP contribution in [0, 0.1) is 17.0 Å². The SMILES string of the molecule is COc1ccc(C)cc1C(=O)N(S)c1ccc(C(C)(C)CNC=O)cc1[N+](=O)[O-]. The number of anilines is 1. The van der Waals surface area contributed by atoms with Crippen LogP contribution in [0.1, 0.15) is 35.3 Å². The van der Waals surface area contributed by atoms with Crippen molar-refractivity contribution < 1.29 is 19.2 Å². The first-order valence-corrected chi connectivity index (χ1v) is 9.16. The van der Waals surface area contributed by atoms with Gasteiger partial charge < -0.3 is 10.1 Å². The Kier molecular flexibility index (Phi) is 6.86. The third kappa shape index (κ3) is 4.86. The van der Waals surface area contributed by atoms with Gasteiger partial charge in [-0.3, -0.25) is 19.7 Å². The van der Waals surface area contributed by atoms with Crippen LogP contribution in [0.25, 0.3) is 0 Å². The lowest BCUT2D eigenvalue weighted by Gasteiger charge is -2.25. The summed E-state index contributed by atoms with van der Waals surface area (Å²) in [5.41, 5.74) is 0.952. The van der Waals surface area contributed by atoms with Crippen LogP contribution in [-0.4, -0.2) is 30.9 Å². The van der Waals surface area contributed by atoms with Gasteiger partial charge in [-0.1, -0.05) is 44.4 Å². The van der Waals surface area contributed by atoms with E-state index in [4.69, 9.17) is 4.74 Å². The van der Waals surface area contributed by atoms with Gasteiger partial charge in [0.25, 0.3) is 11.6 Å². The molecule has 0 saturated heterocycles. The van der Waals surface area contributed by atoms with Crippen molar-refractivity contribution in [2.45, 2.75) is 26.2 Å². The molecule has 0 atom stereocenters. The number of hydrogen-bond acceptors (Lipinski definition) is 6. The predicted molar refractivity (Wildman–Crippen MR) is 114 cm³/mol. The summed E-state index contributed by atoms with van der Waals surface area (Å²) < 4.78 is 6.18. The summed E-state index contributed by atoms with van der Waals surface area (Å²) in [6.45, 7) is 5.83. The number of hydrogen-bond donors (Lipinski definition) is 2. The second kappa shape index (κ2) is 8.95. The Labute approximate surface area is 174 Å². The molecule has 2 aromatic carbocycles. The number of thiol groups is 1. The lowest BCUT2D eigenvalue weighted by atomic mass is 9.84. The summed E-state index contributed by atoms with van der Waals surface area (Å²) in [6, 6.07) is 9.64. The second-order valence-corrected chi connectivity index (χ2v) is 7.56. The van der Waals surface area contributed by atoms with Crippen LogP contribution in [0.2, 0.25) is 0 Å². The van der Waals surface area contributed by atoms with Crippen LogP contribution in [0.3, 0.4) is 0 Å². The third-order valence-electron chi connectivity index (χ3n) is 4.59. The maximum absolute atomic E-state index is 13.0. The van der Waals surface area contributed by atoms with Gasteiger partial charge in [-0.2, -0.15) is 0 Å². The molecule has 2 rings (SSSR count). The molecule has 0 heterocycles. The van der Waals surface area contributed by atoms with Crippen LogP contribution in [0.4, 0.5) is 11.4 Å². The Balaban J connectivity index is 2.48. The maximum Gasteiger partial charge on any atom is 0.294 e. The first kappa shape index (κ1) is 22.2. The van der Waals surface area contributed by atoms with Gasteiger partial charge in [-0.05, 0) is 30.7 Å². The van der Waals surface area contributed by atoms with Gasteiger partial charge in [0.1, 0.15) is 11.4 Å². The minimum absolute atomic E-state index is 0.0368. The van der Waals surface area contributed by atoms with Crippen molar-refractivity contribution in [3.63, 3.8) is 0 Å². The van der Waals surface area contributed by atoms with Crippen molar-refractivity contribution in [2.75, 3.05) is 18.0 Å². The second-order valence-electron chi connectivity index (χ2n) is 7.16. The summed E-state index contributed by atoms with van der Waals surface area (Å²) in [5.74, 6) is -0.202. The predicted octanol–water partition coefficient (Wildman–Crippen LogP) is 3.43. The quantitative estimate of drug-likeness (QED) is 0.297. The van der Waals surface area contributed by atoms with E-state index in [1.807, 2.05) is 20.8 Å². The summed E-state index contributed by atoms with van der Waals surface area (Å²) in [4.78, 5) is 34.7. The molecule has 0 spiro atoms. The van der Waals surface area contributed by atoms with Crippen molar-refractivity contribution in [2.24, 2.45) is 0 Å². The lowest BCUT2D eigenvalue weighted by molar-refractivity contribution is -0.384. The van der Waals surface area contributed by atoms with Gasteiger partial charge in [0.2, 0.25) is 6.41 Å². The lowest BCUT2D eigenvalue weighted by Crippen LogP contribution is -2.32. The van der Waals surface area contributed by atoms with E-state index in [-0.39, 0.29) is 16.9 Å². The van der Waals surface area contributed by atoms with Gasteiger partial charge in [-0.25, -0.2) is 4.31 Å². The van der Waals surface area contributed by atoms with Crippen molar-refractivity contribution in [1.82, 2.24) is 5.32 Å². The van der Waals surface area contributed by atoms with E-state index in [1.165, 1.54) is 19.2 Å². The fraction of sp³-hybridized carbons (Fsp3) is 0.300. The Bertz CT molecular complexity index is 946. The van der Waals surface area contributed by atoms with Crippen LogP contribution >= 0.6 is 12.8 Å². The fourth-order valence-electron chi connectivity index (χ4n) is 2.88. The highest BCUT2D eigenvalue weighted by atomic mass is 32.1. The zero-order valence-corrected chi connectivity index (χ0v) is 17.5. The van der Waals surface area contributed by atoms with Gasteiger partial charge in [0.15, 0.2) is 0 Å². The van der Waals surface area contributed by atoms with E-state index in [0.717, 1.165) is 9.87 Å². The molecule has 2 aromatic rings. The molecule has 0 fully saturated rings. The van der Waals surface area contributed by atoms with E-state index in [1.54, 1.807) is 24.3 Å². The van der Waals surface area contributed by atoms with Gasteiger partial charge in [0.05, 0.1) is 17.6 Å². The Morgan fingerprint density at radius 3 is 2.59 bits per heavy atom. The molecule has 0 unspecified atom stereocenters. The standard InChI is InChI=1S/C20H23N3O5S/c1-13-5-8-18(28-4)15(9-13)19(25)22(29)16-7-6-14(10-17(16)23(26)27)20(2,3)11-21-12-24/h5-10,12,29H,11H2,1-4H3,(H,21,24). The summed E-state index contributed by atoms with van der Waals surface area (Å²) in [7, 11) is 1.44. The summed E-state index contributed by atoms with van der Waals surface area (Å²) in [5, 5.41) is 14.3. The molecule has 8 nitrogen and oxygen atoms in total. The maximum atomic E-state index is 13.0. The Hall–Kier alpha value is -3.07. The van der Waals surface area contributed by atoms with E-state index < -0.39 is 16.2 Å². The molecule has 2 amide bonds. The molecule has 0 bridgehead atoms. The van der Waals surface area contributed by atoms with E-state index in [2.05, 4.69) is 18.1 Å². The van der Waals surface area contributed by atoms with Crippen LogP contribution in [-0.2, 0) is 10.2 Å². The molecule has 0 radical (unpaired) electrons. The number of nitro benzene ring substituents is 1. The largest absolute Gasteiger partial charge is 0.496 e. The number of benzene rings is 2. The molecule has 1 N–H and O–H groups in total. The van der Waals surface area contributed by atoms with Crippen LogP contribution in [0.15, 0.2) is 36.4 Å². The molecule has 0 aliphatic carbocycles. The summed E-state index contributed by atoms with van der Waals surface area (Å²) in [6.07, 6.45) is 0.577. The number of nitro groups is 1. The summed E-state index contributed by atoms with van der Waals surface area (Å²) >= 11 is 4.24. The molecular formula is C20H23N3O5S. The van der Waals surface area contributed by atoms with Gasteiger partial charge >= 0.3 is 0 Å². The monoisotopic (exact) mass is 417 g/mol. The normalized spacial score (nSPS) is 10.9. The first-order chi connectivity index (χ1) is 13.6. The highest BCUT2D eigenvalue weighted by Gasteiger charge is 2.29. The van der Waals surface area contributed by atoms with Crippen molar-refractivity contribution in [3.8, 4) is 5.75 Å². The van der Waals surface area contributed by atoms with Crippen molar-refractivity contribution in [1.29, 1.82) is 0 Å². The number of carbonyl (C=O) groups excluding carboxylic acids is 2. The molecule has 29 heavy (non-hydrogen) atoms. The van der Waals surface area contributed by atoms with Gasteiger partial charge in [-0.15, -0.1) is 0 Å². The number of nitrogens with one attached hydrogen (secondary N) is 1. The average Bonchev–Trinajstić information content (AvgIpc) is 2.70. The molecule has 9 heteroatoms. The van der Waals surface area contributed by atoms with Crippen molar-refractivity contribution >= 4 is 36.5 Å². The Morgan fingerprint density at radius 1 is 1.31 bits per heavy atom. The number of aryl methyl sites for hydroxylation is 1. The van der Waals surface area contributed by atoms with E-state index in [9.17, 15) is 19.7 Å². The number of rotatable bonds is 8. The minimum atomic E-state index is -0.563. The first-order valence-electron chi connectivity index (χ1n) is 8.76. The smallest absolute Gasteiger partial charge is 0.294 e. The number of nitrogens with zero attached hydrogens (tertiary/aromatic N) is 2. The van der Waals surface area contributed by atoms with Gasteiger partial charge in [0, 0.05) is 18.0 Å². The third-order valence-corrected chi connectivity index (χ3v) is 4.98. The average molecular weight is 417 g/mol. The zero-order valence-electron chi connectivity index (χ0n) is 16.6. The molecule has 0 aromatic heterocycles. The molecule has 154 valence electrons. The highest BCUT2D eigenvalue weighted by Crippen LogP contribution is 2.36. The van der Waals surface area contributed by atoms with Crippen LogP contribution in [0.5, 0.6) is 5.75 Å². The number of carbonyl (C=O) groups is 2. The van der Waals surface area contributed by atoms with Crippen molar-refractivity contribution in [3.05, 3.63) is 63.2 Å². The van der Waals surface area contributed by atoms with Crippen LogP contribution < -0.4 is 14.4 Å². The molecular weight excluding hydrogens is 394 g/mol. The molecule has 0 aliphatic rings. The Morgan fingerprint density at radius 2 is 2.00 bits per heavy atom. The molecule has 0 aliphatic heterocycles. The number of methoxy groups -OCH3 is 1. The van der Waals surface area contributed by atoms with E-state index in [0.29, 0.717) is 24.3 Å². The zero-order chi connectivity index (χ0) is 21.8. The molecule has 0 saturated carbocycles. The highest BCUT2D eigenvalue weighted by molar-refractivity contribution is 7.82. The fourth-order valence-corrected chi connectivity index (χ4v) is 3.16. The van der Waals surface area contributed by atoms with E-state index >= 15 is 0 Å². The minimum Gasteiger partial charge on any atom is -0.496 e.